The average molecular weight is 330 g/mol. The van der Waals surface area contributed by atoms with E-state index in [1.807, 2.05) is 0 Å². The third-order valence-electron chi connectivity index (χ3n) is 3.11. The zero-order valence-corrected chi connectivity index (χ0v) is 13.0. The molecule has 24 heavy (non-hydrogen) atoms. The molecule has 0 fully saturated rings. The topological polar surface area (TPSA) is 61.8 Å². The number of hydrogen-bond acceptors (Lipinski definition) is 5. The first-order valence-electron chi connectivity index (χ1n) is 6.94. The van der Waals surface area contributed by atoms with Gasteiger partial charge >= 0.3 is 5.97 Å². The summed E-state index contributed by atoms with van der Waals surface area (Å²) < 4.78 is 28.6. The number of methoxy groups -OCH3 is 1. The molecule has 0 aliphatic carbocycles. The highest BCUT2D eigenvalue weighted by atomic mass is 19.1. The van der Waals surface area contributed by atoms with Crippen molar-refractivity contribution < 1.29 is 28.2 Å². The van der Waals surface area contributed by atoms with Gasteiger partial charge in [-0.15, -0.1) is 0 Å². The summed E-state index contributed by atoms with van der Waals surface area (Å²) >= 11 is 0. The molecule has 0 amide bonds. The Balaban J connectivity index is 2.15. The molecular formula is C18H15FO5. The van der Waals surface area contributed by atoms with E-state index in [4.69, 9.17) is 14.2 Å². The molecule has 124 valence electrons. The predicted octanol–water partition coefficient (Wildman–Crippen LogP) is 3.14. The van der Waals surface area contributed by atoms with E-state index < -0.39 is 11.8 Å². The van der Waals surface area contributed by atoms with Crippen molar-refractivity contribution in [2.75, 3.05) is 13.7 Å². The van der Waals surface area contributed by atoms with Crippen LogP contribution in [0.3, 0.4) is 0 Å². The Morgan fingerprint density at radius 3 is 2.42 bits per heavy atom. The van der Waals surface area contributed by atoms with Crippen LogP contribution in [0, 0.1) is 5.82 Å². The van der Waals surface area contributed by atoms with Crippen LogP contribution in [0.4, 0.5) is 4.39 Å². The molecule has 0 saturated heterocycles. The second-order valence-electron chi connectivity index (χ2n) is 4.81. The second kappa shape index (κ2) is 8.03. The summed E-state index contributed by atoms with van der Waals surface area (Å²) in [6, 6.07) is 10.8. The van der Waals surface area contributed by atoms with Crippen molar-refractivity contribution in [3.8, 4) is 22.6 Å². The average Bonchev–Trinajstić information content (AvgIpc) is 2.58. The largest absolute Gasteiger partial charge is 0.429 e. The molecule has 0 aliphatic rings. The fraction of sp³-hybridized carbons (Fsp3) is 0.111. The lowest BCUT2D eigenvalue weighted by molar-refractivity contribution is -0.131. The van der Waals surface area contributed by atoms with Gasteiger partial charge in [0.05, 0.1) is 12.2 Å². The monoisotopic (exact) mass is 330 g/mol. The van der Waals surface area contributed by atoms with Crippen LogP contribution in [-0.2, 0) is 14.3 Å². The van der Waals surface area contributed by atoms with Crippen molar-refractivity contribution in [3.63, 3.8) is 0 Å². The standard InChI is InChI=1S/C18H15FO5/c1-12(10-22-2)18(21)24-17-8-5-14(9-16(17)19)13-3-6-15(7-4-13)23-11-20/h3-9,11H,1,10H2,2H3. The van der Waals surface area contributed by atoms with E-state index in [0.717, 1.165) is 0 Å². The highest BCUT2D eigenvalue weighted by Crippen LogP contribution is 2.27. The Bertz CT molecular complexity index is 753. The van der Waals surface area contributed by atoms with Crippen molar-refractivity contribution in [1.82, 2.24) is 0 Å². The predicted molar refractivity (Wildman–Crippen MR) is 85.2 cm³/mol. The second-order valence-corrected chi connectivity index (χ2v) is 4.81. The van der Waals surface area contributed by atoms with Crippen molar-refractivity contribution in [1.29, 1.82) is 0 Å². The van der Waals surface area contributed by atoms with E-state index in [0.29, 0.717) is 23.3 Å². The van der Waals surface area contributed by atoms with E-state index in [9.17, 15) is 14.0 Å². The van der Waals surface area contributed by atoms with Crippen molar-refractivity contribution in [2.45, 2.75) is 0 Å². The lowest BCUT2D eigenvalue weighted by atomic mass is 10.1. The van der Waals surface area contributed by atoms with Crippen LogP contribution < -0.4 is 9.47 Å². The van der Waals surface area contributed by atoms with Crippen LogP contribution in [-0.4, -0.2) is 26.2 Å². The molecule has 0 unspecified atom stereocenters. The Labute approximate surface area is 138 Å². The molecule has 0 spiro atoms. The van der Waals surface area contributed by atoms with Gasteiger partial charge in [0.15, 0.2) is 11.6 Å². The summed E-state index contributed by atoms with van der Waals surface area (Å²) in [4.78, 5) is 22.0. The molecule has 2 aromatic rings. The Hall–Kier alpha value is -2.99. The number of rotatable bonds is 7. The lowest BCUT2D eigenvalue weighted by Gasteiger charge is -2.09. The normalized spacial score (nSPS) is 10.1. The molecule has 0 heterocycles. The quantitative estimate of drug-likeness (QED) is 0.338. The maximum absolute atomic E-state index is 14.1. The molecule has 0 radical (unpaired) electrons. The summed E-state index contributed by atoms with van der Waals surface area (Å²) in [5, 5.41) is 0. The van der Waals surface area contributed by atoms with Crippen LogP contribution >= 0.6 is 0 Å². The number of benzene rings is 2. The summed E-state index contributed by atoms with van der Waals surface area (Å²) in [6.07, 6.45) is 0. The number of carbonyl (C=O) groups excluding carboxylic acids is 2. The van der Waals surface area contributed by atoms with E-state index in [2.05, 4.69) is 6.58 Å². The van der Waals surface area contributed by atoms with Gasteiger partial charge in [-0.05, 0) is 35.4 Å². The molecule has 0 aromatic heterocycles. The number of hydrogen-bond donors (Lipinski definition) is 0. The molecule has 5 nitrogen and oxygen atoms in total. The molecular weight excluding hydrogens is 315 g/mol. The van der Waals surface area contributed by atoms with E-state index in [-0.39, 0.29) is 17.9 Å². The van der Waals surface area contributed by atoms with E-state index in [1.165, 1.54) is 19.2 Å². The van der Waals surface area contributed by atoms with Gasteiger partial charge in [0.1, 0.15) is 5.75 Å². The van der Waals surface area contributed by atoms with Gasteiger partial charge in [0, 0.05) is 7.11 Å². The van der Waals surface area contributed by atoms with Gasteiger partial charge in [-0.1, -0.05) is 24.8 Å². The Morgan fingerprint density at radius 1 is 1.17 bits per heavy atom. The maximum atomic E-state index is 14.1. The Morgan fingerprint density at radius 2 is 1.83 bits per heavy atom. The lowest BCUT2D eigenvalue weighted by Crippen LogP contribution is -2.14. The zero-order valence-electron chi connectivity index (χ0n) is 13.0. The van der Waals surface area contributed by atoms with Crippen molar-refractivity contribution in [3.05, 3.63) is 60.4 Å². The fourth-order valence-corrected chi connectivity index (χ4v) is 1.95. The molecule has 0 saturated carbocycles. The zero-order chi connectivity index (χ0) is 17.5. The number of halogens is 1. The third kappa shape index (κ3) is 4.27. The van der Waals surface area contributed by atoms with Gasteiger partial charge in [-0.25, -0.2) is 9.18 Å². The maximum Gasteiger partial charge on any atom is 0.341 e. The van der Waals surface area contributed by atoms with Gasteiger partial charge in [-0.3, -0.25) is 4.79 Å². The van der Waals surface area contributed by atoms with Crippen molar-refractivity contribution >= 4 is 12.4 Å². The number of esters is 1. The molecule has 6 heteroatoms. The Kier molecular flexibility index (Phi) is 5.81. The van der Waals surface area contributed by atoms with Gasteiger partial charge < -0.3 is 14.2 Å². The summed E-state index contributed by atoms with van der Waals surface area (Å²) in [7, 11) is 1.42. The number of ether oxygens (including phenoxy) is 3. The van der Waals surface area contributed by atoms with Crippen LogP contribution in [0.1, 0.15) is 0 Å². The first-order valence-corrected chi connectivity index (χ1v) is 6.94. The summed E-state index contributed by atoms with van der Waals surface area (Å²) in [5.41, 5.74) is 1.39. The minimum atomic E-state index is -0.751. The highest BCUT2D eigenvalue weighted by Gasteiger charge is 2.13. The van der Waals surface area contributed by atoms with Crippen LogP contribution in [0.5, 0.6) is 11.5 Å². The molecule has 0 bridgehead atoms. The van der Waals surface area contributed by atoms with Crippen LogP contribution in [0.2, 0.25) is 0 Å². The van der Waals surface area contributed by atoms with Crippen LogP contribution in [0.25, 0.3) is 11.1 Å². The van der Waals surface area contributed by atoms with Gasteiger partial charge in [0.25, 0.3) is 6.47 Å². The van der Waals surface area contributed by atoms with E-state index in [1.54, 1.807) is 30.3 Å². The SMILES string of the molecule is C=C(COC)C(=O)Oc1ccc(-c2ccc(OC=O)cc2)cc1F. The smallest absolute Gasteiger partial charge is 0.341 e. The third-order valence-corrected chi connectivity index (χ3v) is 3.11. The summed E-state index contributed by atoms with van der Waals surface area (Å²) in [6.45, 7) is 3.84. The van der Waals surface area contributed by atoms with Gasteiger partial charge in [0.2, 0.25) is 0 Å². The fourth-order valence-electron chi connectivity index (χ4n) is 1.95. The molecule has 0 aliphatic heterocycles. The van der Waals surface area contributed by atoms with Crippen LogP contribution in [0.15, 0.2) is 54.6 Å². The molecule has 2 aromatic carbocycles. The first-order chi connectivity index (χ1) is 11.5. The minimum Gasteiger partial charge on any atom is -0.429 e. The van der Waals surface area contributed by atoms with E-state index >= 15 is 0 Å². The first kappa shape index (κ1) is 17.4. The van der Waals surface area contributed by atoms with Gasteiger partial charge in [-0.2, -0.15) is 0 Å². The van der Waals surface area contributed by atoms with Crippen molar-refractivity contribution in [2.24, 2.45) is 0 Å². The minimum absolute atomic E-state index is 0.00768. The molecule has 0 atom stereocenters. The highest BCUT2D eigenvalue weighted by molar-refractivity contribution is 5.89. The summed E-state index contributed by atoms with van der Waals surface area (Å²) in [5.74, 6) is -1.24. The number of carbonyl (C=O) groups is 2. The molecule has 0 N–H and O–H groups in total. The molecule has 2 rings (SSSR count).